The Labute approximate surface area is 183 Å². The molecule has 31 heavy (non-hydrogen) atoms. The molecular weight excluding hydrogens is 408 g/mol. The van der Waals surface area contributed by atoms with Crippen molar-refractivity contribution in [3.63, 3.8) is 0 Å². The van der Waals surface area contributed by atoms with E-state index in [9.17, 15) is 13.2 Å². The maximum Gasteiger partial charge on any atom is 0.264 e. The lowest BCUT2D eigenvalue weighted by Gasteiger charge is -2.30. The maximum absolute atomic E-state index is 13.4. The number of fused-ring (bicyclic) bond motifs is 1. The van der Waals surface area contributed by atoms with E-state index in [1.54, 1.807) is 18.2 Å². The van der Waals surface area contributed by atoms with Gasteiger partial charge in [-0.1, -0.05) is 42.0 Å². The number of sulfonamides is 1. The average molecular weight is 435 g/mol. The van der Waals surface area contributed by atoms with Gasteiger partial charge < -0.3 is 5.32 Å². The highest BCUT2D eigenvalue weighted by Crippen LogP contribution is 2.32. The van der Waals surface area contributed by atoms with E-state index < -0.39 is 10.0 Å². The lowest BCUT2D eigenvalue weighted by Crippen LogP contribution is -2.35. The largest absolute Gasteiger partial charge is 0.322 e. The molecule has 5 nitrogen and oxygen atoms in total. The maximum atomic E-state index is 13.4. The topological polar surface area (TPSA) is 66.5 Å². The molecule has 1 N–H and O–H groups in total. The number of aryl methyl sites for hydroxylation is 4. The van der Waals surface area contributed by atoms with E-state index in [0.29, 0.717) is 12.1 Å². The summed E-state index contributed by atoms with van der Waals surface area (Å²) >= 11 is 0. The minimum Gasteiger partial charge on any atom is -0.322 e. The molecule has 1 amide bonds. The molecule has 3 aromatic carbocycles. The fourth-order valence-electron chi connectivity index (χ4n) is 4.24. The van der Waals surface area contributed by atoms with E-state index in [2.05, 4.69) is 5.32 Å². The Balaban J connectivity index is 1.65. The third kappa shape index (κ3) is 4.08. The van der Waals surface area contributed by atoms with Crippen LogP contribution >= 0.6 is 0 Å². The average Bonchev–Trinajstić information content (AvgIpc) is 2.75. The van der Waals surface area contributed by atoms with E-state index in [1.165, 1.54) is 10.4 Å². The van der Waals surface area contributed by atoms with Crippen molar-refractivity contribution in [2.45, 2.75) is 38.5 Å². The summed E-state index contributed by atoms with van der Waals surface area (Å²) < 4.78 is 28.3. The van der Waals surface area contributed by atoms with Crippen LogP contribution in [0.15, 0.2) is 65.6 Å². The van der Waals surface area contributed by atoms with E-state index in [1.807, 2.05) is 57.2 Å². The predicted molar refractivity (Wildman–Crippen MR) is 124 cm³/mol. The highest BCUT2D eigenvalue weighted by atomic mass is 32.2. The molecule has 0 atom stereocenters. The van der Waals surface area contributed by atoms with E-state index in [-0.39, 0.29) is 10.8 Å². The Hall–Kier alpha value is -3.12. The summed E-state index contributed by atoms with van der Waals surface area (Å²) in [5, 5.41) is 2.95. The Bertz CT molecular complexity index is 1240. The lowest BCUT2D eigenvalue weighted by molar-refractivity contribution is 0.102. The molecule has 0 radical (unpaired) electrons. The normalized spacial score (nSPS) is 13.6. The van der Waals surface area contributed by atoms with E-state index in [4.69, 9.17) is 0 Å². The van der Waals surface area contributed by atoms with Crippen LogP contribution in [0.1, 0.15) is 39.0 Å². The number of nitrogens with zero attached hydrogens (tertiary/aromatic N) is 1. The Morgan fingerprint density at radius 3 is 2.39 bits per heavy atom. The molecule has 0 saturated heterocycles. The fraction of sp³-hybridized carbons (Fsp3) is 0.240. The molecule has 1 aliphatic rings. The predicted octanol–water partition coefficient (Wildman–Crippen LogP) is 5.01. The summed E-state index contributed by atoms with van der Waals surface area (Å²) in [6, 6.07) is 17.9. The second-order valence-electron chi connectivity index (χ2n) is 8.07. The number of para-hydroxylation sites is 1. The van der Waals surface area contributed by atoms with Crippen LogP contribution in [0, 0.1) is 20.8 Å². The van der Waals surface area contributed by atoms with Crippen molar-refractivity contribution in [1.82, 2.24) is 0 Å². The molecule has 0 saturated carbocycles. The van der Waals surface area contributed by atoms with Crippen LogP contribution in [0.5, 0.6) is 0 Å². The molecule has 0 spiro atoms. The molecule has 0 aromatic heterocycles. The molecule has 3 aromatic rings. The molecule has 1 heterocycles. The smallest absolute Gasteiger partial charge is 0.264 e. The SMILES string of the molecule is Cc1cc(C)c(NC(=O)c2cccc(S(=O)(=O)N3CCCc4ccccc43)c2)c(C)c1. The van der Waals surface area contributed by atoms with Crippen LogP contribution in [0.4, 0.5) is 11.4 Å². The van der Waals surface area contributed by atoms with Gasteiger partial charge in [0.25, 0.3) is 15.9 Å². The van der Waals surface area contributed by atoms with Crippen molar-refractivity contribution < 1.29 is 13.2 Å². The van der Waals surface area contributed by atoms with E-state index >= 15 is 0 Å². The van der Waals surface area contributed by atoms with Crippen LogP contribution in [-0.2, 0) is 16.4 Å². The van der Waals surface area contributed by atoms with Gasteiger partial charge >= 0.3 is 0 Å². The van der Waals surface area contributed by atoms with Crippen molar-refractivity contribution in [2.75, 3.05) is 16.2 Å². The summed E-state index contributed by atoms with van der Waals surface area (Å²) in [4.78, 5) is 13.1. The van der Waals surface area contributed by atoms with Crippen molar-refractivity contribution >= 4 is 27.3 Å². The fourth-order valence-corrected chi connectivity index (χ4v) is 5.82. The first-order valence-corrected chi connectivity index (χ1v) is 11.8. The molecule has 1 aliphatic heterocycles. The molecular formula is C25H26N2O3S. The van der Waals surface area contributed by atoms with Gasteiger partial charge in [-0.05, 0) is 74.6 Å². The Kier molecular flexibility index (Phi) is 5.58. The standard InChI is InChI=1S/C25H26N2O3S/c1-17-14-18(2)24(19(3)15-17)26-25(28)21-9-6-11-22(16-21)31(29,30)27-13-7-10-20-8-4-5-12-23(20)27/h4-6,8-9,11-12,14-16H,7,10,13H2,1-3H3,(H,26,28). The third-order valence-electron chi connectivity index (χ3n) is 5.67. The number of amides is 1. The zero-order chi connectivity index (χ0) is 22.2. The number of benzene rings is 3. The Morgan fingerprint density at radius 1 is 0.935 bits per heavy atom. The summed E-state index contributed by atoms with van der Waals surface area (Å²) in [6.45, 7) is 6.34. The van der Waals surface area contributed by atoms with Gasteiger partial charge in [0.05, 0.1) is 10.6 Å². The molecule has 0 fully saturated rings. The third-order valence-corrected chi connectivity index (χ3v) is 7.48. The first kappa shape index (κ1) is 21.1. The molecule has 0 bridgehead atoms. The number of nitrogens with one attached hydrogen (secondary N) is 1. The number of anilines is 2. The summed E-state index contributed by atoms with van der Waals surface area (Å²) in [5.74, 6) is -0.328. The first-order chi connectivity index (χ1) is 14.8. The van der Waals surface area contributed by atoms with Gasteiger partial charge in [0.15, 0.2) is 0 Å². The van der Waals surface area contributed by atoms with Crippen LogP contribution in [0.3, 0.4) is 0 Å². The van der Waals surface area contributed by atoms with Gasteiger partial charge in [-0.3, -0.25) is 9.10 Å². The van der Waals surface area contributed by atoms with E-state index in [0.717, 1.165) is 46.5 Å². The molecule has 0 unspecified atom stereocenters. The first-order valence-electron chi connectivity index (χ1n) is 10.4. The molecule has 6 heteroatoms. The quantitative estimate of drug-likeness (QED) is 0.628. The molecule has 160 valence electrons. The van der Waals surface area contributed by atoms with Gasteiger partial charge in [0.2, 0.25) is 0 Å². The summed E-state index contributed by atoms with van der Waals surface area (Å²) in [7, 11) is -3.77. The van der Waals surface area contributed by atoms with Crippen molar-refractivity contribution in [1.29, 1.82) is 0 Å². The number of rotatable bonds is 4. The minimum atomic E-state index is -3.77. The number of carbonyl (C=O) groups excluding carboxylic acids is 1. The zero-order valence-electron chi connectivity index (χ0n) is 18.0. The highest BCUT2D eigenvalue weighted by Gasteiger charge is 2.29. The monoisotopic (exact) mass is 434 g/mol. The minimum absolute atomic E-state index is 0.120. The number of hydrogen-bond acceptors (Lipinski definition) is 3. The van der Waals surface area contributed by atoms with Gasteiger partial charge in [0.1, 0.15) is 0 Å². The Morgan fingerprint density at radius 2 is 1.65 bits per heavy atom. The highest BCUT2D eigenvalue weighted by molar-refractivity contribution is 7.92. The van der Waals surface area contributed by atoms with Gasteiger partial charge in [-0.15, -0.1) is 0 Å². The number of hydrogen-bond donors (Lipinski definition) is 1. The van der Waals surface area contributed by atoms with Gasteiger partial charge in [-0.2, -0.15) is 0 Å². The van der Waals surface area contributed by atoms with Gasteiger partial charge in [-0.25, -0.2) is 8.42 Å². The van der Waals surface area contributed by atoms with Crippen molar-refractivity contribution in [3.8, 4) is 0 Å². The molecule has 0 aliphatic carbocycles. The zero-order valence-corrected chi connectivity index (χ0v) is 18.8. The molecule has 4 rings (SSSR count). The lowest BCUT2D eigenvalue weighted by atomic mass is 10.0. The van der Waals surface area contributed by atoms with Gasteiger partial charge in [0, 0.05) is 17.8 Å². The van der Waals surface area contributed by atoms with Crippen molar-refractivity contribution in [2.24, 2.45) is 0 Å². The van der Waals surface area contributed by atoms with Crippen LogP contribution in [0.25, 0.3) is 0 Å². The number of carbonyl (C=O) groups is 1. The van der Waals surface area contributed by atoms with Crippen LogP contribution in [-0.4, -0.2) is 20.9 Å². The van der Waals surface area contributed by atoms with Crippen LogP contribution in [0.2, 0.25) is 0 Å². The van der Waals surface area contributed by atoms with Crippen LogP contribution < -0.4 is 9.62 Å². The second kappa shape index (κ2) is 8.19. The van der Waals surface area contributed by atoms with Crippen molar-refractivity contribution in [3.05, 3.63) is 88.5 Å². The second-order valence-corrected chi connectivity index (χ2v) is 9.93. The summed E-state index contributed by atoms with van der Waals surface area (Å²) in [5.41, 5.74) is 5.88. The summed E-state index contributed by atoms with van der Waals surface area (Å²) in [6.07, 6.45) is 1.63.